The van der Waals surface area contributed by atoms with Gasteiger partial charge in [-0.3, -0.25) is 4.79 Å². The fraction of sp³-hybridized carbons (Fsp3) is 0.565. The Balaban J connectivity index is 1.35. The normalized spacial score (nSPS) is 21.2. The van der Waals surface area contributed by atoms with E-state index in [0.717, 1.165) is 6.54 Å². The van der Waals surface area contributed by atoms with Crippen LogP contribution in [0.2, 0.25) is 0 Å². The number of rotatable bonds is 4. The molecule has 0 spiro atoms. The second kappa shape index (κ2) is 8.86. The molecule has 1 aromatic heterocycles. The zero-order valence-corrected chi connectivity index (χ0v) is 20.2. The number of anilines is 1. The highest BCUT2D eigenvalue weighted by atomic mass is 32.2. The standard InChI is InChI=1S/C23H33N5O3S/c1-17-6-5-7-21(14-17)28-13-12-26(15-18(28)2)23(29)20-8-10-27(11-9-20)32(30,31)22-16-25(4)19(3)24-22/h5-7,14,16,18,20H,8-13,15H2,1-4H3. The minimum atomic E-state index is -3.62. The molecule has 0 saturated carbocycles. The average molecular weight is 460 g/mol. The van der Waals surface area contributed by atoms with Crippen LogP contribution >= 0.6 is 0 Å². The van der Waals surface area contributed by atoms with Crippen molar-refractivity contribution < 1.29 is 13.2 Å². The van der Waals surface area contributed by atoms with Crippen LogP contribution in [0, 0.1) is 19.8 Å². The molecule has 32 heavy (non-hydrogen) atoms. The third kappa shape index (κ3) is 4.41. The van der Waals surface area contributed by atoms with E-state index in [2.05, 4.69) is 48.0 Å². The van der Waals surface area contributed by atoms with E-state index in [1.807, 2.05) is 4.90 Å². The molecule has 2 fully saturated rings. The van der Waals surface area contributed by atoms with Gasteiger partial charge in [0.1, 0.15) is 5.82 Å². The summed E-state index contributed by atoms with van der Waals surface area (Å²) in [6, 6.07) is 8.72. The maximum absolute atomic E-state index is 13.2. The molecule has 0 radical (unpaired) electrons. The Kier molecular flexibility index (Phi) is 6.31. The molecule has 0 N–H and O–H groups in total. The zero-order valence-electron chi connectivity index (χ0n) is 19.4. The maximum Gasteiger partial charge on any atom is 0.262 e. The molecule has 2 aromatic rings. The van der Waals surface area contributed by atoms with Gasteiger partial charge in [-0.15, -0.1) is 0 Å². The quantitative estimate of drug-likeness (QED) is 0.700. The van der Waals surface area contributed by atoms with Gasteiger partial charge in [0.25, 0.3) is 10.0 Å². The Labute approximate surface area is 190 Å². The van der Waals surface area contributed by atoms with Gasteiger partial charge in [-0.25, -0.2) is 13.4 Å². The lowest BCUT2D eigenvalue weighted by atomic mass is 9.95. The Hall–Kier alpha value is -2.39. The molecule has 1 aromatic carbocycles. The van der Waals surface area contributed by atoms with Crippen molar-refractivity contribution in [3.8, 4) is 0 Å². The number of carbonyl (C=O) groups excluding carboxylic acids is 1. The Morgan fingerprint density at radius 2 is 1.81 bits per heavy atom. The van der Waals surface area contributed by atoms with Gasteiger partial charge in [0, 0.05) is 63.6 Å². The third-order valence-corrected chi connectivity index (χ3v) is 8.54. The highest BCUT2D eigenvalue weighted by Crippen LogP contribution is 2.27. The Morgan fingerprint density at radius 1 is 1.09 bits per heavy atom. The maximum atomic E-state index is 13.2. The first-order valence-electron chi connectivity index (χ1n) is 11.3. The van der Waals surface area contributed by atoms with Crippen molar-refractivity contribution in [2.75, 3.05) is 37.6 Å². The van der Waals surface area contributed by atoms with Gasteiger partial charge >= 0.3 is 0 Å². The smallest absolute Gasteiger partial charge is 0.262 e. The molecule has 4 rings (SSSR count). The third-order valence-electron chi connectivity index (χ3n) is 6.77. The van der Waals surface area contributed by atoms with E-state index in [1.54, 1.807) is 24.7 Å². The van der Waals surface area contributed by atoms with Crippen LogP contribution in [0.5, 0.6) is 0 Å². The van der Waals surface area contributed by atoms with E-state index in [4.69, 9.17) is 0 Å². The topological polar surface area (TPSA) is 78.8 Å². The van der Waals surface area contributed by atoms with Crippen LogP contribution in [0.1, 0.15) is 31.2 Å². The van der Waals surface area contributed by atoms with E-state index < -0.39 is 10.0 Å². The Bertz CT molecular complexity index is 1070. The SMILES string of the molecule is Cc1cccc(N2CCN(C(=O)C3CCN(S(=O)(=O)c4cn(C)c(C)n4)CC3)CC2C)c1. The molecule has 1 atom stereocenters. The van der Waals surface area contributed by atoms with Crippen LogP contribution < -0.4 is 4.90 Å². The molecule has 3 heterocycles. The molecular formula is C23H33N5O3S. The van der Waals surface area contributed by atoms with Crippen molar-refractivity contribution in [3.05, 3.63) is 41.9 Å². The second-order valence-electron chi connectivity index (χ2n) is 9.08. The number of nitrogens with zero attached hydrogens (tertiary/aromatic N) is 5. The first-order valence-corrected chi connectivity index (χ1v) is 12.7. The summed E-state index contributed by atoms with van der Waals surface area (Å²) in [4.78, 5) is 21.7. The van der Waals surface area contributed by atoms with Crippen LogP contribution in [0.3, 0.4) is 0 Å². The number of benzene rings is 1. The highest BCUT2D eigenvalue weighted by molar-refractivity contribution is 7.89. The van der Waals surface area contributed by atoms with Crippen LogP contribution in [0.15, 0.2) is 35.5 Å². The number of aromatic nitrogens is 2. The summed E-state index contributed by atoms with van der Waals surface area (Å²) in [5, 5.41) is 0.0865. The summed E-state index contributed by atoms with van der Waals surface area (Å²) >= 11 is 0. The van der Waals surface area contributed by atoms with Gasteiger partial charge in [-0.05, 0) is 51.3 Å². The monoisotopic (exact) mass is 459 g/mol. The Morgan fingerprint density at radius 3 is 2.41 bits per heavy atom. The number of piperidine rings is 1. The molecule has 1 amide bonds. The van der Waals surface area contributed by atoms with Gasteiger partial charge in [-0.2, -0.15) is 4.31 Å². The van der Waals surface area contributed by atoms with Crippen molar-refractivity contribution in [1.82, 2.24) is 18.8 Å². The van der Waals surface area contributed by atoms with Crippen LogP contribution in [-0.4, -0.2) is 71.8 Å². The predicted molar refractivity (Wildman–Crippen MR) is 124 cm³/mol. The molecular weight excluding hydrogens is 426 g/mol. The van der Waals surface area contributed by atoms with Gasteiger partial charge in [-0.1, -0.05) is 12.1 Å². The number of carbonyl (C=O) groups is 1. The number of amides is 1. The lowest BCUT2D eigenvalue weighted by molar-refractivity contribution is -0.137. The summed E-state index contributed by atoms with van der Waals surface area (Å²) in [6.07, 6.45) is 2.66. The minimum absolute atomic E-state index is 0.0865. The van der Waals surface area contributed by atoms with E-state index >= 15 is 0 Å². The van der Waals surface area contributed by atoms with Crippen molar-refractivity contribution in [2.24, 2.45) is 13.0 Å². The van der Waals surface area contributed by atoms with Crippen molar-refractivity contribution in [2.45, 2.75) is 44.7 Å². The molecule has 2 aliphatic heterocycles. The minimum Gasteiger partial charge on any atom is -0.365 e. The number of hydrogen-bond donors (Lipinski definition) is 0. The van der Waals surface area contributed by atoms with E-state index in [1.165, 1.54) is 15.6 Å². The number of piperazine rings is 1. The molecule has 174 valence electrons. The first-order chi connectivity index (χ1) is 15.2. The molecule has 2 saturated heterocycles. The summed E-state index contributed by atoms with van der Waals surface area (Å²) < 4.78 is 29.0. The molecule has 0 bridgehead atoms. The summed E-state index contributed by atoms with van der Waals surface area (Å²) in [7, 11) is -1.83. The lowest BCUT2D eigenvalue weighted by Gasteiger charge is -2.43. The van der Waals surface area contributed by atoms with Crippen LogP contribution in [0.25, 0.3) is 0 Å². The van der Waals surface area contributed by atoms with Gasteiger partial charge < -0.3 is 14.4 Å². The van der Waals surface area contributed by atoms with Crippen LogP contribution in [0.4, 0.5) is 5.69 Å². The van der Waals surface area contributed by atoms with Gasteiger partial charge in [0.15, 0.2) is 5.03 Å². The molecule has 1 unspecified atom stereocenters. The van der Waals surface area contributed by atoms with E-state index in [0.29, 0.717) is 44.8 Å². The van der Waals surface area contributed by atoms with Crippen molar-refractivity contribution in [3.63, 3.8) is 0 Å². The van der Waals surface area contributed by atoms with Crippen LogP contribution in [-0.2, 0) is 21.9 Å². The highest BCUT2D eigenvalue weighted by Gasteiger charge is 2.36. The summed E-state index contributed by atoms with van der Waals surface area (Å²) in [5.74, 6) is 0.698. The fourth-order valence-electron chi connectivity index (χ4n) is 4.73. The summed E-state index contributed by atoms with van der Waals surface area (Å²) in [6.45, 7) is 8.94. The molecule has 0 aliphatic carbocycles. The lowest BCUT2D eigenvalue weighted by Crippen LogP contribution is -2.55. The molecule has 2 aliphatic rings. The van der Waals surface area contributed by atoms with Crippen molar-refractivity contribution >= 4 is 21.6 Å². The predicted octanol–water partition coefficient (Wildman–Crippen LogP) is 2.17. The first kappa shape index (κ1) is 22.8. The zero-order chi connectivity index (χ0) is 23.0. The second-order valence-corrected chi connectivity index (χ2v) is 11.0. The van der Waals surface area contributed by atoms with Gasteiger partial charge in [0.05, 0.1) is 0 Å². The van der Waals surface area contributed by atoms with Gasteiger partial charge in [0.2, 0.25) is 5.91 Å². The molecule has 9 heteroatoms. The largest absolute Gasteiger partial charge is 0.365 e. The van der Waals surface area contributed by atoms with Crippen molar-refractivity contribution in [1.29, 1.82) is 0 Å². The van der Waals surface area contributed by atoms with E-state index in [-0.39, 0.29) is 22.9 Å². The number of aryl methyl sites for hydroxylation is 3. The summed E-state index contributed by atoms with van der Waals surface area (Å²) in [5.41, 5.74) is 2.43. The van der Waals surface area contributed by atoms with E-state index in [9.17, 15) is 13.2 Å². The molecule has 8 nitrogen and oxygen atoms in total. The number of imidazole rings is 1. The fourth-order valence-corrected chi connectivity index (χ4v) is 6.23. The number of hydrogen-bond acceptors (Lipinski definition) is 5. The number of sulfonamides is 1. The average Bonchev–Trinajstić information content (AvgIpc) is 3.12.